The number of anilines is 1. The Kier molecular flexibility index (Phi) is 6.13. The maximum atomic E-state index is 13.7. The van der Waals surface area contributed by atoms with Crippen LogP contribution in [-0.4, -0.2) is 31.2 Å². The summed E-state index contributed by atoms with van der Waals surface area (Å²) >= 11 is 0. The van der Waals surface area contributed by atoms with Gasteiger partial charge in [-0.15, -0.1) is 0 Å². The topological polar surface area (TPSA) is 78.5 Å². The van der Waals surface area contributed by atoms with Crippen LogP contribution in [0.5, 0.6) is 0 Å². The summed E-state index contributed by atoms with van der Waals surface area (Å²) in [5.41, 5.74) is 3.85. The largest absolute Gasteiger partial charge is 0.295 e. The number of hydrogen-bond acceptors (Lipinski definition) is 4. The van der Waals surface area contributed by atoms with Crippen LogP contribution in [0.15, 0.2) is 41.3 Å². The van der Waals surface area contributed by atoms with E-state index in [4.69, 9.17) is 0 Å². The van der Waals surface area contributed by atoms with Crippen molar-refractivity contribution in [2.24, 2.45) is 0 Å². The summed E-state index contributed by atoms with van der Waals surface area (Å²) in [6.07, 6.45) is 2.50. The molecule has 1 atom stereocenters. The molecule has 0 saturated carbocycles. The number of nitrogens with one attached hydrogen (secondary N) is 2. The molecule has 6 nitrogen and oxygen atoms in total. The van der Waals surface area contributed by atoms with E-state index in [1.54, 1.807) is 0 Å². The molecule has 2 aromatic rings. The highest BCUT2D eigenvalue weighted by atomic mass is 32.2. The number of piperidine rings is 1. The predicted molar refractivity (Wildman–Crippen MR) is 101 cm³/mol. The van der Waals surface area contributed by atoms with Gasteiger partial charge in [-0.25, -0.2) is 21.6 Å². The molecule has 2 aromatic carbocycles. The van der Waals surface area contributed by atoms with Crippen LogP contribution in [-0.2, 0) is 10.0 Å². The zero-order valence-corrected chi connectivity index (χ0v) is 16.4. The number of hydrogen-bond donors (Lipinski definition) is 2. The fourth-order valence-electron chi connectivity index (χ4n) is 3.18. The number of nitrogens with zero attached hydrogens (tertiary/aromatic N) is 1. The molecule has 0 radical (unpaired) electrons. The van der Waals surface area contributed by atoms with Crippen molar-refractivity contribution >= 4 is 21.6 Å². The predicted octanol–water partition coefficient (Wildman–Crippen LogP) is 3.42. The summed E-state index contributed by atoms with van der Waals surface area (Å²) in [6, 6.07) is 6.92. The zero-order valence-electron chi connectivity index (χ0n) is 15.6. The second-order valence-electron chi connectivity index (χ2n) is 6.79. The first-order chi connectivity index (χ1) is 13.7. The summed E-state index contributed by atoms with van der Waals surface area (Å²) in [4.78, 5) is 12.3. The van der Waals surface area contributed by atoms with Crippen LogP contribution in [0.2, 0.25) is 0 Å². The normalized spacial score (nSPS) is 17.7. The first-order valence-corrected chi connectivity index (χ1v) is 10.5. The maximum absolute atomic E-state index is 13.7. The zero-order chi connectivity index (χ0) is 21.2. The molecule has 10 heteroatoms. The molecule has 0 spiro atoms. The van der Waals surface area contributed by atoms with Gasteiger partial charge in [-0.1, -0.05) is 12.5 Å². The number of rotatable bonds is 5. The van der Waals surface area contributed by atoms with Crippen LogP contribution in [0, 0.1) is 17.5 Å². The summed E-state index contributed by atoms with van der Waals surface area (Å²) in [5, 5.41) is 0. The third-order valence-electron chi connectivity index (χ3n) is 4.79. The number of sulfonamides is 1. The molecule has 29 heavy (non-hydrogen) atoms. The number of halogens is 3. The third-order valence-corrected chi connectivity index (χ3v) is 6.80. The van der Waals surface area contributed by atoms with Gasteiger partial charge in [-0.2, -0.15) is 4.31 Å². The molecule has 3 rings (SSSR count). The average Bonchev–Trinajstić information content (AvgIpc) is 2.71. The van der Waals surface area contributed by atoms with Crippen LogP contribution in [0.1, 0.15) is 36.5 Å². The van der Waals surface area contributed by atoms with Crippen molar-refractivity contribution in [1.82, 2.24) is 9.73 Å². The van der Waals surface area contributed by atoms with E-state index in [1.807, 2.05) is 6.92 Å². The Bertz CT molecular complexity index is 1030. The molecule has 0 aliphatic carbocycles. The highest BCUT2D eigenvalue weighted by molar-refractivity contribution is 7.89. The van der Waals surface area contributed by atoms with Gasteiger partial charge in [-0.05, 0) is 50.1 Å². The lowest BCUT2D eigenvalue weighted by Gasteiger charge is -2.32. The Morgan fingerprint density at radius 3 is 2.59 bits per heavy atom. The van der Waals surface area contributed by atoms with Gasteiger partial charge >= 0.3 is 0 Å². The van der Waals surface area contributed by atoms with E-state index in [2.05, 4.69) is 10.9 Å². The molecular weight excluding hydrogens is 407 g/mol. The Labute approximate surface area is 166 Å². The van der Waals surface area contributed by atoms with Crippen molar-refractivity contribution in [2.75, 3.05) is 12.0 Å². The van der Waals surface area contributed by atoms with Crippen LogP contribution in [0.25, 0.3) is 0 Å². The van der Waals surface area contributed by atoms with E-state index in [9.17, 15) is 26.4 Å². The number of hydrazine groups is 1. The minimum Gasteiger partial charge on any atom is -0.295 e. The van der Waals surface area contributed by atoms with Crippen molar-refractivity contribution in [1.29, 1.82) is 0 Å². The molecule has 0 bridgehead atoms. The summed E-state index contributed by atoms with van der Waals surface area (Å²) in [6.45, 7) is 2.25. The van der Waals surface area contributed by atoms with E-state index in [0.29, 0.717) is 12.6 Å². The Hall–Kier alpha value is -2.59. The van der Waals surface area contributed by atoms with Gasteiger partial charge in [0, 0.05) is 18.2 Å². The van der Waals surface area contributed by atoms with Crippen LogP contribution < -0.4 is 10.9 Å². The number of benzene rings is 2. The van der Waals surface area contributed by atoms with Gasteiger partial charge in [0.1, 0.15) is 0 Å². The molecule has 156 valence electrons. The number of carbonyl (C=O) groups is 1. The van der Waals surface area contributed by atoms with E-state index in [-0.39, 0.29) is 16.5 Å². The highest BCUT2D eigenvalue weighted by Gasteiger charge is 2.31. The molecule has 2 N–H and O–H groups in total. The van der Waals surface area contributed by atoms with E-state index >= 15 is 0 Å². The Morgan fingerprint density at radius 2 is 1.86 bits per heavy atom. The van der Waals surface area contributed by atoms with Crippen LogP contribution in [0.3, 0.4) is 0 Å². The van der Waals surface area contributed by atoms with Gasteiger partial charge in [0.2, 0.25) is 10.0 Å². The van der Waals surface area contributed by atoms with Gasteiger partial charge in [-0.3, -0.25) is 15.6 Å². The molecule has 1 amide bonds. The highest BCUT2D eigenvalue weighted by Crippen LogP contribution is 2.25. The van der Waals surface area contributed by atoms with Gasteiger partial charge in [0.15, 0.2) is 17.5 Å². The second kappa shape index (κ2) is 8.42. The molecular formula is C19H20F3N3O3S. The number of carbonyl (C=O) groups excluding carboxylic acids is 1. The first-order valence-electron chi connectivity index (χ1n) is 9.03. The Morgan fingerprint density at radius 1 is 1.10 bits per heavy atom. The molecule has 1 unspecified atom stereocenters. The minimum atomic E-state index is -3.77. The first kappa shape index (κ1) is 21.1. The molecule has 1 aliphatic rings. The molecule has 1 heterocycles. The van der Waals surface area contributed by atoms with E-state index < -0.39 is 39.1 Å². The smallest absolute Gasteiger partial charge is 0.269 e. The molecule has 1 aliphatic heterocycles. The summed E-state index contributed by atoms with van der Waals surface area (Å²) in [5.74, 6) is -5.28. The van der Waals surface area contributed by atoms with Crippen molar-refractivity contribution in [3.05, 3.63) is 59.4 Å². The van der Waals surface area contributed by atoms with Crippen molar-refractivity contribution in [2.45, 2.75) is 37.1 Å². The van der Waals surface area contributed by atoms with Crippen LogP contribution >= 0.6 is 0 Å². The van der Waals surface area contributed by atoms with Crippen molar-refractivity contribution in [3.8, 4) is 0 Å². The minimum absolute atomic E-state index is 0.00577. The van der Waals surface area contributed by atoms with Gasteiger partial charge in [0.25, 0.3) is 5.91 Å². The van der Waals surface area contributed by atoms with Crippen molar-refractivity contribution in [3.63, 3.8) is 0 Å². The lowest BCUT2D eigenvalue weighted by atomic mass is 10.1. The van der Waals surface area contributed by atoms with Gasteiger partial charge < -0.3 is 0 Å². The second-order valence-corrected chi connectivity index (χ2v) is 8.68. The average molecular weight is 427 g/mol. The molecule has 1 fully saturated rings. The molecule has 1 saturated heterocycles. The van der Waals surface area contributed by atoms with E-state index in [1.165, 1.54) is 28.6 Å². The Balaban J connectivity index is 1.77. The quantitative estimate of drug-likeness (QED) is 0.566. The fraction of sp³-hybridized carbons (Fsp3) is 0.316. The maximum Gasteiger partial charge on any atom is 0.269 e. The van der Waals surface area contributed by atoms with Crippen LogP contribution in [0.4, 0.5) is 18.9 Å². The lowest BCUT2D eigenvalue weighted by molar-refractivity contribution is 0.0962. The summed E-state index contributed by atoms with van der Waals surface area (Å²) in [7, 11) is -3.77. The summed E-state index contributed by atoms with van der Waals surface area (Å²) < 4.78 is 67.1. The SMILES string of the molecule is CC1CCCCN1S(=O)(=O)c1cccc(C(=O)NNc2ccc(F)c(F)c2F)c1. The lowest BCUT2D eigenvalue weighted by Crippen LogP contribution is -2.42. The van der Waals surface area contributed by atoms with E-state index in [0.717, 1.165) is 25.3 Å². The number of amides is 1. The fourth-order valence-corrected chi connectivity index (χ4v) is 4.93. The standard InChI is InChI=1S/C19H20F3N3O3S/c1-12-5-2-3-10-25(12)29(27,28)14-7-4-6-13(11-14)19(26)24-23-16-9-8-15(20)17(21)18(16)22/h4,6-9,11-12,23H,2-3,5,10H2,1H3,(H,24,26). The van der Waals surface area contributed by atoms with Gasteiger partial charge in [0.05, 0.1) is 10.6 Å². The molecule has 0 aromatic heterocycles. The third kappa shape index (κ3) is 4.38. The van der Waals surface area contributed by atoms with Crippen molar-refractivity contribution < 1.29 is 26.4 Å². The monoisotopic (exact) mass is 427 g/mol.